The lowest BCUT2D eigenvalue weighted by Crippen LogP contribution is -2.15. The molecule has 3 heterocycles. The molecule has 0 aliphatic heterocycles. The molecule has 4 aromatic rings. The van der Waals surface area contributed by atoms with E-state index < -0.39 is 0 Å². The third-order valence-corrected chi connectivity index (χ3v) is 6.54. The van der Waals surface area contributed by atoms with Crippen molar-refractivity contribution in [2.24, 2.45) is 0 Å². The molecule has 150 valence electrons. The number of hydrogen-bond acceptors (Lipinski definition) is 7. The Kier molecular flexibility index (Phi) is 5.72. The smallest absolute Gasteiger partial charge is 0.267 e. The fraction of sp³-hybridized carbons (Fsp3) is 0.316. The highest BCUT2D eigenvalue weighted by molar-refractivity contribution is 7.98. The van der Waals surface area contributed by atoms with E-state index in [1.807, 2.05) is 0 Å². The van der Waals surface area contributed by atoms with Gasteiger partial charge >= 0.3 is 0 Å². The van der Waals surface area contributed by atoms with E-state index >= 15 is 0 Å². The monoisotopic (exact) mass is 430 g/mol. The van der Waals surface area contributed by atoms with E-state index in [1.54, 1.807) is 18.2 Å². The van der Waals surface area contributed by atoms with Crippen LogP contribution in [0.5, 0.6) is 0 Å². The first-order chi connectivity index (χ1) is 14.1. The van der Waals surface area contributed by atoms with E-state index in [9.17, 15) is 9.18 Å². The summed E-state index contributed by atoms with van der Waals surface area (Å²) in [6, 6.07) is 7.87. The average Bonchev–Trinajstić information content (AvgIpc) is 3.35. The number of nitrogens with zero attached hydrogens (tertiary/aromatic N) is 5. The number of aromatic nitrogens is 6. The molecular formula is C19H19FN6OS2. The van der Waals surface area contributed by atoms with E-state index in [2.05, 4.69) is 39.1 Å². The second-order valence-corrected chi connectivity index (χ2v) is 8.40. The highest BCUT2D eigenvalue weighted by Gasteiger charge is 2.16. The summed E-state index contributed by atoms with van der Waals surface area (Å²) in [5.41, 5.74) is 0.807. The van der Waals surface area contributed by atoms with Crippen LogP contribution >= 0.6 is 23.1 Å². The second kappa shape index (κ2) is 8.42. The molecule has 0 aliphatic carbocycles. The van der Waals surface area contributed by atoms with Crippen molar-refractivity contribution in [2.45, 2.75) is 43.5 Å². The van der Waals surface area contributed by atoms with Gasteiger partial charge in [0.05, 0.1) is 11.3 Å². The highest BCUT2D eigenvalue weighted by atomic mass is 32.2. The molecule has 3 aromatic heterocycles. The van der Waals surface area contributed by atoms with Crippen LogP contribution in [0.3, 0.4) is 0 Å². The van der Waals surface area contributed by atoms with Crippen molar-refractivity contribution in [3.63, 3.8) is 0 Å². The molecular weight excluding hydrogens is 411 g/mol. The number of fused-ring (bicyclic) bond motifs is 1. The predicted molar refractivity (Wildman–Crippen MR) is 112 cm³/mol. The summed E-state index contributed by atoms with van der Waals surface area (Å²) >= 11 is 2.79. The number of nitrogens with one attached hydrogen (secondary N) is 1. The third kappa shape index (κ3) is 4.08. The van der Waals surface area contributed by atoms with Crippen LogP contribution in [0.1, 0.15) is 43.3 Å². The summed E-state index contributed by atoms with van der Waals surface area (Å²) in [5.74, 6) is 0.771. The zero-order valence-electron chi connectivity index (χ0n) is 15.9. The zero-order chi connectivity index (χ0) is 20.4. The molecule has 1 N–H and O–H groups in total. The Bertz CT molecular complexity index is 1200. The topological polar surface area (TPSA) is 88.8 Å². The van der Waals surface area contributed by atoms with Crippen LogP contribution in [0.25, 0.3) is 16.3 Å². The van der Waals surface area contributed by atoms with Gasteiger partial charge in [-0.15, -0.1) is 5.10 Å². The number of halogens is 1. The van der Waals surface area contributed by atoms with Gasteiger partial charge < -0.3 is 0 Å². The standard InChI is InChI=1S/C19H19FN6OS2/c1-3-11(4-2)17-25-26-15(27)9-12(21-19(26)29-17)10-28-18-22-16(23-24-18)13-7-5-6-8-14(13)20/h5-9,11H,3-4,10H2,1-2H3,(H,22,23,24). The minimum Gasteiger partial charge on any atom is -0.267 e. The van der Waals surface area contributed by atoms with Gasteiger partial charge in [-0.2, -0.15) is 9.61 Å². The largest absolute Gasteiger partial charge is 0.275 e. The first-order valence-electron chi connectivity index (χ1n) is 9.28. The van der Waals surface area contributed by atoms with Gasteiger partial charge in [0.25, 0.3) is 5.56 Å². The van der Waals surface area contributed by atoms with Gasteiger partial charge in [-0.3, -0.25) is 9.89 Å². The fourth-order valence-electron chi connectivity index (χ4n) is 2.97. The van der Waals surface area contributed by atoms with Gasteiger partial charge in [-0.25, -0.2) is 14.4 Å². The van der Waals surface area contributed by atoms with Crippen LogP contribution < -0.4 is 5.56 Å². The molecule has 0 spiro atoms. The van der Waals surface area contributed by atoms with Gasteiger partial charge in [0.2, 0.25) is 10.1 Å². The van der Waals surface area contributed by atoms with Gasteiger partial charge in [0.15, 0.2) is 5.82 Å². The van der Waals surface area contributed by atoms with E-state index in [1.165, 1.54) is 39.7 Å². The first-order valence-corrected chi connectivity index (χ1v) is 11.1. The Hall–Kier alpha value is -2.59. The Morgan fingerprint density at radius 3 is 2.79 bits per heavy atom. The van der Waals surface area contributed by atoms with Crippen molar-refractivity contribution in [3.05, 3.63) is 57.2 Å². The minimum atomic E-state index is -0.362. The summed E-state index contributed by atoms with van der Waals surface area (Å²) in [5, 5.41) is 12.7. The van der Waals surface area contributed by atoms with Crippen LogP contribution in [0.4, 0.5) is 4.39 Å². The third-order valence-electron chi connectivity index (χ3n) is 4.59. The van der Waals surface area contributed by atoms with Crippen LogP contribution in [-0.2, 0) is 5.75 Å². The maximum Gasteiger partial charge on any atom is 0.275 e. The summed E-state index contributed by atoms with van der Waals surface area (Å²) in [6.07, 6.45) is 1.95. The molecule has 0 saturated carbocycles. The number of aromatic amines is 1. The molecule has 10 heteroatoms. The molecule has 0 saturated heterocycles. The maximum absolute atomic E-state index is 13.9. The Labute approximate surface area is 174 Å². The molecule has 0 fully saturated rings. The summed E-state index contributed by atoms with van der Waals surface area (Å²) in [4.78, 5) is 21.9. The summed E-state index contributed by atoms with van der Waals surface area (Å²) in [6.45, 7) is 4.23. The van der Waals surface area contributed by atoms with E-state index in [0.717, 1.165) is 17.8 Å². The van der Waals surface area contributed by atoms with Gasteiger partial charge in [0, 0.05) is 17.7 Å². The van der Waals surface area contributed by atoms with Crippen LogP contribution in [0.15, 0.2) is 40.3 Å². The molecule has 7 nitrogen and oxygen atoms in total. The maximum atomic E-state index is 13.9. The van der Waals surface area contributed by atoms with Crippen molar-refractivity contribution in [2.75, 3.05) is 0 Å². The molecule has 0 atom stereocenters. The Balaban J connectivity index is 1.53. The second-order valence-electron chi connectivity index (χ2n) is 6.47. The zero-order valence-corrected chi connectivity index (χ0v) is 17.6. The quantitative estimate of drug-likeness (QED) is 0.441. The van der Waals surface area contributed by atoms with Crippen molar-refractivity contribution < 1.29 is 4.39 Å². The molecule has 29 heavy (non-hydrogen) atoms. The number of rotatable bonds is 7. The van der Waals surface area contributed by atoms with Crippen LogP contribution in [0, 0.1) is 5.82 Å². The number of H-pyrrole nitrogens is 1. The normalized spacial score (nSPS) is 11.6. The molecule has 0 amide bonds. The highest BCUT2D eigenvalue weighted by Crippen LogP contribution is 2.27. The Morgan fingerprint density at radius 1 is 1.24 bits per heavy atom. The average molecular weight is 431 g/mol. The minimum absolute atomic E-state index is 0.193. The number of hydrogen-bond donors (Lipinski definition) is 1. The van der Waals surface area contributed by atoms with Crippen molar-refractivity contribution >= 4 is 28.1 Å². The number of benzene rings is 1. The van der Waals surface area contributed by atoms with E-state index in [4.69, 9.17) is 0 Å². The van der Waals surface area contributed by atoms with E-state index in [0.29, 0.717) is 38.9 Å². The van der Waals surface area contributed by atoms with Gasteiger partial charge in [-0.05, 0) is 25.0 Å². The Morgan fingerprint density at radius 2 is 2.03 bits per heavy atom. The van der Waals surface area contributed by atoms with Crippen molar-refractivity contribution in [3.8, 4) is 11.4 Å². The van der Waals surface area contributed by atoms with Crippen molar-refractivity contribution in [1.29, 1.82) is 0 Å². The number of thioether (sulfide) groups is 1. The predicted octanol–water partition coefficient (Wildman–Crippen LogP) is 4.27. The van der Waals surface area contributed by atoms with E-state index in [-0.39, 0.29) is 11.4 Å². The van der Waals surface area contributed by atoms with Gasteiger partial charge in [0.1, 0.15) is 10.8 Å². The SMILES string of the molecule is CCC(CC)c1nn2c(=O)cc(CSc3n[nH]c(-c4ccccc4F)n3)nc2s1. The summed E-state index contributed by atoms with van der Waals surface area (Å²) in [7, 11) is 0. The van der Waals surface area contributed by atoms with Crippen molar-refractivity contribution in [1.82, 2.24) is 29.8 Å². The fourth-order valence-corrected chi connectivity index (χ4v) is 4.85. The molecule has 0 bridgehead atoms. The van der Waals surface area contributed by atoms with Crippen LogP contribution in [-0.4, -0.2) is 29.8 Å². The van der Waals surface area contributed by atoms with Crippen LogP contribution in [0.2, 0.25) is 0 Å². The molecule has 0 aliphatic rings. The molecule has 1 aromatic carbocycles. The lowest BCUT2D eigenvalue weighted by molar-refractivity contribution is 0.623. The lowest BCUT2D eigenvalue weighted by Gasteiger charge is -2.05. The molecule has 0 unspecified atom stereocenters. The first kappa shape index (κ1) is 19.7. The summed E-state index contributed by atoms with van der Waals surface area (Å²) < 4.78 is 15.3. The molecule has 4 rings (SSSR count). The lowest BCUT2D eigenvalue weighted by atomic mass is 10.1. The van der Waals surface area contributed by atoms with Gasteiger partial charge in [-0.1, -0.05) is 49.1 Å². The molecule has 0 radical (unpaired) electrons.